The molecule has 0 aliphatic carbocycles. The van der Waals surface area contributed by atoms with Crippen molar-refractivity contribution >= 4 is 17.6 Å². The molecule has 1 unspecified atom stereocenters. The highest BCUT2D eigenvalue weighted by molar-refractivity contribution is 5.90. The van der Waals surface area contributed by atoms with Gasteiger partial charge in [0.25, 0.3) is 0 Å². The smallest absolute Gasteiger partial charge is 0.321 e. The molecule has 6 nitrogen and oxygen atoms in total. The van der Waals surface area contributed by atoms with E-state index in [1.807, 2.05) is 24.3 Å². The molecule has 0 aromatic heterocycles. The third-order valence-electron chi connectivity index (χ3n) is 4.36. The van der Waals surface area contributed by atoms with Crippen LogP contribution in [0.4, 0.5) is 10.5 Å². The van der Waals surface area contributed by atoms with Crippen molar-refractivity contribution < 1.29 is 14.3 Å². The fourth-order valence-electron chi connectivity index (χ4n) is 3.01. The molecule has 2 heterocycles. The quantitative estimate of drug-likeness (QED) is 0.867. The van der Waals surface area contributed by atoms with Crippen molar-refractivity contribution in [3.05, 3.63) is 29.8 Å². The predicted octanol–water partition coefficient (Wildman–Crippen LogP) is 1.37. The van der Waals surface area contributed by atoms with Crippen LogP contribution in [0.25, 0.3) is 0 Å². The van der Waals surface area contributed by atoms with Gasteiger partial charge < -0.3 is 20.3 Å². The van der Waals surface area contributed by atoms with Gasteiger partial charge in [-0.3, -0.25) is 4.79 Å². The molecule has 1 aromatic carbocycles. The molecule has 22 heavy (non-hydrogen) atoms. The van der Waals surface area contributed by atoms with Crippen LogP contribution in [0.1, 0.15) is 18.9 Å². The first kappa shape index (κ1) is 14.8. The number of rotatable bonds is 2. The maximum atomic E-state index is 12.4. The largest absolute Gasteiger partial charge is 0.361 e. The number of para-hydroxylation sites is 1. The highest BCUT2D eigenvalue weighted by atomic mass is 16.5. The van der Waals surface area contributed by atoms with Crippen LogP contribution in [0.15, 0.2) is 24.3 Å². The number of carbonyl (C=O) groups is 2. The third kappa shape index (κ3) is 2.92. The summed E-state index contributed by atoms with van der Waals surface area (Å²) in [7, 11) is 0. The number of hydrogen-bond donors (Lipinski definition) is 2. The Morgan fingerprint density at radius 3 is 3.00 bits per heavy atom. The van der Waals surface area contributed by atoms with E-state index >= 15 is 0 Å². The van der Waals surface area contributed by atoms with Crippen molar-refractivity contribution in [2.45, 2.75) is 25.4 Å². The second kappa shape index (κ2) is 5.96. The van der Waals surface area contributed by atoms with Gasteiger partial charge in [0, 0.05) is 18.8 Å². The van der Waals surface area contributed by atoms with E-state index in [9.17, 15) is 9.59 Å². The second-order valence-corrected chi connectivity index (χ2v) is 5.86. The fraction of sp³-hybridized carbons (Fsp3) is 0.500. The van der Waals surface area contributed by atoms with Gasteiger partial charge in [-0.25, -0.2) is 4.79 Å². The number of anilines is 1. The van der Waals surface area contributed by atoms with E-state index < -0.39 is 5.60 Å². The van der Waals surface area contributed by atoms with Gasteiger partial charge in [0.1, 0.15) is 12.2 Å². The summed E-state index contributed by atoms with van der Waals surface area (Å²) in [4.78, 5) is 25.4. The first-order valence-corrected chi connectivity index (χ1v) is 7.66. The van der Waals surface area contributed by atoms with E-state index in [0.29, 0.717) is 19.6 Å². The number of morpholine rings is 1. The number of likely N-dealkylation sites (tertiary alicyclic amines) is 1. The van der Waals surface area contributed by atoms with Crippen molar-refractivity contribution in [1.29, 1.82) is 0 Å². The normalized spacial score (nSPS) is 24.4. The number of ether oxygens (including phenoxy) is 1. The summed E-state index contributed by atoms with van der Waals surface area (Å²) in [5.74, 6) is -0.0922. The molecule has 2 saturated heterocycles. The van der Waals surface area contributed by atoms with Crippen molar-refractivity contribution in [1.82, 2.24) is 10.2 Å². The lowest BCUT2D eigenvalue weighted by Gasteiger charge is -2.33. The molecule has 2 aliphatic heterocycles. The molecule has 118 valence electrons. The average molecular weight is 303 g/mol. The Kier molecular flexibility index (Phi) is 4.02. The maximum absolute atomic E-state index is 12.4. The first-order valence-electron chi connectivity index (χ1n) is 7.66. The Morgan fingerprint density at radius 2 is 2.27 bits per heavy atom. The summed E-state index contributed by atoms with van der Waals surface area (Å²) in [6.45, 7) is 3.76. The number of carbonyl (C=O) groups excluding carboxylic acids is 2. The highest BCUT2D eigenvalue weighted by Crippen LogP contribution is 2.27. The Morgan fingerprint density at radius 1 is 1.45 bits per heavy atom. The number of urea groups is 1. The van der Waals surface area contributed by atoms with E-state index in [0.717, 1.165) is 24.1 Å². The van der Waals surface area contributed by atoms with Crippen LogP contribution in [0.2, 0.25) is 0 Å². The molecule has 1 atom stereocenters. The van der Waals surface area contributed by atoms with Gasteiger partial charge in [-0.15, -0.1) is 0 Å². The zero-order valence-electron chi connectivity index (χ0n) is 12.7. The molecule has 2 fully saturated rings. The highest BCUT2D eigenvalue weighted by Gasteiger charge is 2.43. The summed E-state index contributed by atoms with van der Waals surface area (Å²) in [6.07, 6.45) is 1.62. The average Bonchev–Trinajstić information content (AvgIpc) is 2.95. The van der Waals surface area contributed by atoms with Crippen LogP contribution in [0, 0.1) is 0 Å². The first-order chi connectivity index (χ1) is 10.6. The van der Waals surface area contributed by atoms with Gasteiger partial charge in [-0.1, -0.05) is 25.1 Å². The number of nitrogens with zero attached hydrogens (tertiary/aromatic N) is 1. The Bertz CT molecular complexity index is 578. The van der Waals surface area contributed by atoms with E-state index in [1.165, 1.54) is 0 Å². The van der Waals surface area contributed by atoms with Crippen molar-refractivity contribution in [3.63, 3.8) is 0 Å². The number of nitrogens with one attached hydrogen (secondary N) is 2. The topological polar surface area (TPSA) is 70.7 Å². The summed E-state index contributed by atoms with van der Waals surface area (Å²) < 4.78 is 5.68. The minimum Gasteiger partial charge on any atom is -0.361 e. The van der Waals surface area contributed by atoms with Gasteiger partial charge in [0.05, 0.1) is 6.54 Å². The molecule has 2 N–H and O–H groups in total. The monoisotopic (exact) mass is 303 g/mol. The molecule has 1 spiro atoms. The molecule has 6 heteroatoms. The molecule has 0 radical (unpaired) electrons. The molecular weight excluding hydrogens is 282 g/mol. The summed E-state index contributed by atoms with van der Waals surface area (Å²) in [6, 6.07) is 7.71. The molecular formula is C16H21N3O3. The lowest BCUT2D eigenvalue weighted by molar-refractivity contribution is -0.141. The summed E-state index contributed by atoms with van der Waals surface area (Å²) in [5, 5.41) is 5.80. The maximum Gasteiger partial charge on any atom is 0.321 e. The Hall–Kier alpha value is -2.08. The molecule has 0 bridgehead atoms. The van der Waals surface area contributed by atoms with Crippen molar-refractivity contribution in [3.8, 4) is 0 Å². The number of benzene rings is 1. The molecule has 0 saturated carbocycles. The van der Waals surface area contributed by atoms with Crippen molar-refractivity contribution in [2.24, 2.45) is 0 Å². The molecule has 3 rings (SSSR count). The van der Waals surface area contributed by atoms with Gasteiger partial charge in [-0.2, -0.15) is 0 Å². The van der Waals surface area contributed by atoms with Crippen molar-refractivity contribution in [2.75, 3.05) is 31.6 Å². The van der Waals surface area contributed by atoms with Gasteiger partial charge in [-0.05, 0) is 24.5 Å². The van der Waals surface area contributed by atoms with Crippen LogP contribution in [0.5, 0.6) is 0 Å². The van der Waals surface area contributed by atoms with Crippen LogP contribution >= 0.6 is 0 Å². The van der Waals surface area contributed by atoms with Crippen LogP contribution in [-0.2, 0) is 16.0 Å². The van der Waals surface area contributed by atoms with Crippen LogP contribution < -0.4 is 10.6 Å². The number of amides is 3. The van der Waals surface area contributed by atoms with Gasteiger partial charge in [0.2, 0.25) is 5.91 Å². The van der Waals surface area contributed by atoms with E-state index in [4.69, 9.17) is 4.74 Å². The minimum atomic E-state index is -0.421. The Labute approximate surface area is 129 Å². The summed E-state index contributed by atoms with van der Waals surface area (Å²) >= 11 is 0. The predicted molar refractivity (Wildman–Crippen MR) is 82.7 cm³/mol. The summed E-state index contributed by atoms with van der Waals surface area (Å²) in [5.41, 5.74) is 1.55. The lowest BCUT2D eigenvalue weighted by Crippen LogP contribution is -2.54. The minimum absolute atomic E-state index is 0.0775. The van der Waals surface area contributed by atoms with E-state index in [-0.39, 0.29) is 18.5 Å². The fourth-order valence-corrected chi connectivity index (χ4v) is 3.01. The number of hydrogen-bond acceptors (Lipinski definition) is 3. The molecule has 2 aliphatic rings. The number of aryl methyl sites for hydroxylation is 1. The van der Waals surface area contributed by atoms with Gasteiger partial charge in [0.15, 0.2) is 0 Å². The molecule has 1 aromatic rings. The van der Waals surface area contributed by atoms with Crippen LogP contribution in [0.3, 0.4) is 0 Å². The molecule has 3 amide bonds. The SMILES string of the molecule is CCc1ccccc1NC(=O)N1CCC2(CNC(=O)CO2)C1. The lowest BCUT2D eigenvalue weighted by atomic mass is 10.0. The third-order valence-corrected chi connectivity index (χ3v) is 4.36. The van der Waals surface area contributed by atoms with E-state index in [1.54, 1.807) is 4.90 Å². The van der Waals surface area contributed by atoms with E-state index in [2.05, 4.69) is 17.6 Å². The Balaban J connectivity index is 1.63. The standard InChI is InChI=1S/C16H21N3O3/c1-2-12-5-3-4-6-13(12)18-15(21)19-8-7-16(11-19)10-17-14(20)9-22-16/h3-6H,2,7-11H2,1H3,(H,17,20)(H,18,21). The van der Waals surface area contributed by atoms with Gasteiger partial charge >= 0.3 is 6.03 Å². The second-order valence-electron chi connectivity index (χ2n) is 5.86. The zero-order chi connectivity index (χ0) is 15.6. The van der Waals surface area contributed by atoms with Crippen LogP contribution in [-0.4, -0.2) is 48.7 Å². The zero-order valence-corrected chi connectivity index (χ0v) is 12.7.